The van der Waals surface area contributed by atoms with Gasteiger partial charge in [-0.1, -0.05) is 53.2 Å². The van der Waals surface area contributed by atoms with Gasteiger partial charge in [-0.3, -0.25) is 4.79 Å². The predicted molar refractivity (Wildman–Crippen MR) is 95.4 cm³/mol. The molecule has 0 N–H and O–H groups in total. The van der Waals surface area contributed by atoms with Crippen LogP contribution >= 0.6 is 0 Å². The van der Waals surface area contributed by atoms with Gasteiger partial charge in [0, 0.05) is 24.2 Å². The van der Waals surface area contributed by atoms with Crippen LogP contribution in [0.25, 0.3) is 11.4 Å². The molecule has 1 amide bonds. The average Bonchev–Trinajstić information content (AvgIpc) is 3.23. The summed E-state index contributed by atoms with van der Waals surface area (Å²) in [5, 5.41) is 4.09. The fourth-order valence-corrected chi connectivity index (χ4v) is 3.19. The Morgan fingerprint density at radius 1 is 1.08 bits per heavy atom. The smallest absolute Gasteiger partial charge is 0.232 e. The van der Waals surface area contributed by atoms with Crippen molar-refractivity contribution in [3.8, 4) is 11.4 Å². The molecule has 1 aliphatic heterocycles. The van der Waals surface area contributed by atoms with E-state index >= 15 is 0 Å². The zero-order valence-corrected chi connectivity index (χ0v) is 14.3. The van der Waals surface area contributed by atoms with Crippen LogP contribution in [0.2, 0.25) is 0 Å². The highest BCUT2D eigenvalue weighted by atomic mass is 16.5. The van der Waals surface area contributed by atoms with E-state index in [0.717, 1.165) is 16.8 Å². The number of para-hydroxylation sites is 1. The Balaban J connectivity index is 1.57. The Morgan fingerprint density at radius 2 is 1.84 bits per heavy atom. The van der Waals surface area contributed by atoms with E-state index in [0.29, 0.717) is 24.7 Å². The lowest BCUT2D eigenvalue weighted by Gasteiger charge is -2.18. The first-order chi connectivity index (χ1) is 12.1. The van der Waals surface area contributed by atoms with Crippen molar-refractivity contribution in [2.24, 2.45) is 0 Å². The SMILES string of the molecule is Cc1ccc(-c2noc(C3CC(=O)N(c4ccccc4C)C3)n2)cc1. The molecule has 1 aliphatic rings. The minimum atomic E-state index is -0.0706. The maximum absolute atomic E-state index is 12.5. The van der Waals surface area contributed by atoms with Crippen LogP contribution in [0.3, 0.4) is 0 Å². The molecule has 25 heavy (non-hydrogen) atoms. The maximum Gasteiger partial charge on any atom is 0.232 e. The minimum absolute atomic E-state index is 0.0706. The fourth-order valence-electron chi connectivity index (χ4n) is 3.19. The summed E-state index contributed by atoms with van der Waals surface area (Å²) in [6.45, 7) is 4.62. The highest BCUT2D eigenvalue weighted by molar-refractivity contribution is 5.97. The summed E-state index contributed by atoms with van der Waals surface area (Å²) in [4.78, 5) is 18.8. The van der Waals surface area contributed by atoms with E-state index in [2.05, 4.69) is 10.1 Å². The van der Waals surface area contributed by atoms with Crippen molar-refractivity contribution < 1.29 is 9.32 Å². The van der Waals surface area contributed by atoms with E-state index in [9.17, 15) is 4.79 Å². The van der Waals surface area contributed by atoms with Gasteiger partial charge in [-0.2, -0.15) is 4.98 Å². The molecule has 0 spiro atoms. The van der Waals surface area contributed by atoms with Gasteiger partial charge in [-0.25, -0.2) is 0 Å². The topological polar surface area (TPSA) is 59.2 Å². The van der Waals surface area contributed by atoms with Gasteiger partial charge >= 0.3 is 0 Å². The van der Waals surface area contributed by atoms with Crippen LogP contribution in [-0.2, 0) is 4.79 Å². The fraction of sp³-hybridized carbons (Fsp3) is 0.250. The molecule has 1 atom stereocenters. The van der Waals surface area contributed by atoms with E-state index in [1.54, 1.807) is 0 Å². The van der Waals surface area contributed by atoms with Gasteiger partial charge in [0.15, 0.2) is 0 Å². The third-order valence-electron chi connectivity index (χ3n) is 4.63. The first kappa shape index (κ1) is 15.6. The summed E-state index contributed by atoms with van der Waals surface area (Å²) >= 11 is 0. The Morgan fingerprint density at radius 3 is 2.60 bits per heavy atom. The standard InChI is InChI=1S/C20H19N3O2/c1-13-7-9-15(10-8-13)19-21-20(25-22-19)16-11-18(24)23(12-16)17-6-4-3-5-14(17)2/h3-10,16H,11-12H2,1-2H3. The number of amides is 1. The molecule has 126 valence electrons. The van der Waals surface area contributed by atoms with Gasteiger partial charge < -0.3 is 9.42 Å². The molecule has 0 aliphatic carbocycles. The molecule has 1 saturated heterocycles. The molecule has 1 fully saturated rings. The Labute approximate surface area is 146 Å². The van der Waals surface area contributed by atoms with Crippen LogP contribution < -0.4 is 4.90 Å². The van der Waals surface area contributed by atoms with Gasteiger partial charge in [-0.15, -0.1) is 0 Å². The van der Waals surface area contributed by atoms with E-state index in [4.69, 9.17) is 4.52 Å². The zero-order valence-electron chi connectivity index (χ0n) is 14.3. The highest BCUT2D eigenvalue weighted by Crippen LogP contribution is 2.33. The molecule has 2 heterocycles. The first-order valence-electron chi connectivity index (χ1n) is 8.38. The molecule has 4 rings (SSSR count). The Hall–Kier alpha value is -2.95. The third-order valence-corrected chi connectivity index (χ3v) is 4.63. The number of aromatic nitrogens is 2. The first-order valence-corrected chi connectivity index (χ1v) is 8.38. The lowest BCUT2D eigenvalue weighted by molar-refractivity contribution is -0.117. The Kier molecular flexibility index (Phi) is 3.84. The molecule has 5 heteroatoms. The second kappa shape index (κ2) is 6.16. The zero-order chi connectivity index (χ0) is 17.4. The number of anilines is 1. The minimum Gasteiger partial charge on any atom is -0.339 e. The van der Waals surface area contributed by atoms with Crippen LogP contribution in [0, 0.1) is 13.8 Å². The van der Waals surface area contributed by atoms with Crippen molar-refractivity contribution in [1.82, 2.24) is 10.1 Å². The molecule has 0 saturated carbocycles. The van der Waals surface area contributed by atoms with E-state index < -0.39 is 0 Å². The van der Waals surface area contributed by atoms with Crippen molar-refractivity contribution in [3.05, 3.63) is 65.5 Å². The second-order valence-corrected chi connectivity index (χ2v) is 6.51. The lowest BCUT2D eigenvalue weighted by Crippen LogP contribution is -2.25. The summed E-state index contributed by atoms with van der Waals surface area (Å²) in [5.74, 6) is 1.12. The maximum atomic E-state index is 12.5. The van der Waals surface area contributed by atoms with Gasteiger partial charge in [0.05, 0.1) is 5.92 Å². The van der Waals surface area contributed by atoms with Crippen molar-refractivity contribution in [2.75, 3.05) is 11.4 Å². The van der Waals surface area contributed by atoms with Crippen molar-refractivity contribution in [3.63, 3.8) is 0 Å². The van der Waals surface area contributed by atoms with Crippen LogP contribution in [0.1, 0.15) is 29.4 Å². The largest absolute Gasteiger partial charge is 0.339 e. The predicted octanol–water partition coefficient (Wildman–Crippen LogP) is 3.87. The van der Waals surface area contributed by atoms with Crippen LogP contribution in [0.4, 0.5) is 5.69 Å². The normalized spacial score (nSPS) is 17.3. The number of hydrogen-bond donors (Lipinski definition) is 0. The monoisotopic (exact) mass is 333 g/mol. The number of carbonyl (C=O) groups excluding carboxylic acids is 1. The van der Waals surface area contributed by atoms with Crippen molar-refractivity contribution >= 4 is 11.6 Å². The molecular weight excluding hydrogens is 314 g/mol. The third kappa shape index (κ3) is 2.93. The molecule has 1 aromatic heterocycles. The van der Waals surface area contributed by atoms with Gasteiger partial charge in [0.25, 0.3) is 0 Å². The van der Waals surface area contributed by atoms with Crippen LogP contribution in [0.15, 0.2) is 53.1 Å². The van der Waals surface area contributed by atoms with Crippen LogP contribution in [0.5, 0.6) is 0 Å². The number of hydrogen-bond acceptors (Lipinski definition) is 4. The summed E-state index contributed by atoms with van der Waals surface area (Å²) in [6.07, 6.45) is 0.393. The number of benzene rings is 2. The van der Waals surface area contributed by atoms with E-state index in [-0.39, 0.29) is 11.8 Å². The molecular formula is C20H19N3O2. The average molecular weight is 333 g/mol. The molecule has 5 nitrogen and oxygen atoms in total. The molecule has 2 aromatic carbocycles. The number of nitrogens with zero attached hydrogens (tertiary/aromatic N) is 3. The molecule has 1 unspecified atom stereocenters. The second-order valence-electron chi connectivity index (χ2n) is 6.51. The number of aryl methyl sites for hydroxylation is 2. The van der Waals surface area contributed by atoms with E-state index in [1.165, 1.54) is 5.56 Å². The number of rotatable bonds is 3. The molecule has 0 bridgehead atoms. The quantitative estimate of drug-likeness (QED) is 0.730. The van der Waals surface area contributed by atoms with Gasteiger partial charge in [0.2, 0.25) is 17.6 Å². The molecule has 0 radical (unpaired) electrons. The van der Waals surface area contributed by atoms with Crippen LogP contribution in [-0.4, -0.2) is 22.6 Å². The highest BCUT2D eigenvalue weighted by Gasteiger charge is 2.35. The summed E-state index contributed by atoms with van der Waals surface area (Å²) < 4.78 is 5.46. The molecule has 3 aromatic rings. The summed E-state index contributed by atoms with van der Waals surface area (Å²) in [7, 11) is 0. The van der Waals surface area contributed by atoms with Gasteiger partial charge in [0.1, 0.15) is 0 Å². The lowest BCUT2D eigenvalue weighted by atomic mass is 10.1. The summed E-state index contributed by atoms with van der Waals surface area (Å²) in [5.41, 5.74) is 4.14. The van der Waals surface area contributed by atoms with Crippen molar-refractivity contribution in [1.29, 1.82) is 0 Å². The van der Waals surface area contributed by atoms with E-state index in [1.807, 2.05) is 67.3 Å². The van der Waals surface area contributed by atoms with Gasteiger partial charge in [-0.05, 0) is 25.5 Å². The Bertz CT molecular complexity index is 915. The number of carbonyl (C=O) groups is 1. The summed E-state index contributed by atoms with van der Waals surface area (Å²) in [6, 6.07) is 15.9. The van der Waals surface area contributed by atoms with Crippen molar-refractivity contribution in [2.45, 2.75) is 26.2 Å².